The molecule has 0 N–H and O–H groups in total. The predicted octanol–water partition coefficient (Wildman–Crippen LogP) is 5.39. The highest BCUT2D eigenvalue weighted by Crippen LogP contribution is 2.32. The molecule has 4 aromatic rings. The number of aryl methyl sites for hydroxylation is 4. The first-order chi connectivity index (χ1) is 19.8. The van der Waals surface area contributed by atoms with Crippen molar-refractivity contribution >= 4 is 15.9 Å². The monoisotopic (exact) mass is 572 g/mol. The van der Waals surface area contributed by atoms with Crippen LogP contribution >= 0.6 is 0 Å². The number of furan rings is 1. The summed E-state index contributed by atoms with van der Waals surface area (Å²) in [6.45, 7) is 5.63. The fourth-order valence-electron chi connectivity index (χ4n) is 5.38. The molecule has 2 aromatic heterocycles. The quantitative estimate of drug-likeness (QED) is 0.290. The van der Waals surface area contributed by atoms with Gasteiger partial charge in [0.1, 0.15) is 24.2 Å². The lowest BCUT2D eigenvalue weighted by Gasteiger charge is -2.33. The molecule has 10 heteroatoms. The van der Waals surface area contributed by atoms with Gasteiger partial charge in [-0.1, -0.05) is 12.1 Å². The SMILES string of the molecule is Cc1ccc(OCc2ccc(-c3nc(C#N)c(N4CCN(S(=O)(=O)c5ccc6c(c5)CCCC6)CC4)o3)o2)cc1C. The Balaban J connectivity index is 1.12. The van der Waals surface area contributed by atoms with Gasteiger partial charge in [0.15, 0.2) is 5.76 Å². The lowest BCUT2D eigenvalue weighted by molar-refractivity contribution is 0.271. The van der Waals surface area contributed by atoms with Gasteiger partial charge in [-0.15, -0.1) is 0 Å². The zero-order valence-electron chi connectivity index (χ0n) is 23.2. The number of piperazine rings is 1. The third kappa shape index (κ3) is 5.47. The number of rotatable bonds is 7. The molecule has 1 aliphatic carbocycles. The van der Waals surface area contributed by atoms with E-state index in [9.17, 15) is 13.7 Å². The molecule has 0 amide bonds. The number of fused-ring (bicyclic) bond motifs is 1. The van der Waals surface area contributed by atoms with Gasteiger partial charge in [-0.25, -0.2) is 8.42 Å². The van der Waals surface area contributed by atoms with E-state index in [2.05, 4.69) is 18.0 Å². The Hall–Kier alpha value is -4.07. The van der Waals surface area contributed by atoms with E-state index in [4.69, 9.17) is 13.6 Å². The van der Waals surface area contributed by atoms with Crippen LogP contribution in [-0.4, -0.2) is 43.9 Å². The van der Waals surface area contributed by atoms with Gasteiger partial charge in [-0.3, -0.25) is 0 Å². The van der Waals surface area contributed by atoms with Gasteiger partial charge in [-0.2, -0.15) is 14.6 Å². The molecule has 9 nitrogen and oxygen atoms in total. The zero-order valence-corrected chi connectivity index (χ0v) is 24.0. The molecule has 1 saturated heterocycles. The molecule has 1 aliphatic heterocycles. The van der Waals surface area contributed by atoms with Crippen molar-refractivity contribution in [3.05, 3.63) is 82.2 Å². The third-order valence-corrected chi connectivity index (χ3v) is 9.83. The van der Waals surface area contributed by atoms with Crippen LogP contribution in [0.2, 0.25) is 0 Å². The van der Waals surface area contributed by atoms with Gasteiger partial charge in [0.25, 0.3) is 5.89 Å². The van der Waals surface area contributed by atoms with Gasteiger partial charge in [0.05, 0.1) is 4.90 Å². The Morgan fingerprint density at radius 3 is 2.46 bits per heavy atom. The molecule has 3 heterocycles. The zero-order chi connectivity index (χ0) is 28.6. The third-order valence-electron chi connectivity index (χ3n) is 7.93. The summed E-state index contributed by atoms with van der Waals surface area (Å²) in [6.07, 6.45) is 4.18. The molecule has 1 fully saturated rings. The molecule has 0 bridgehead atoms. The number of aromatic nitrogens is 1. The summed E-state index contributed by atoms with van der Waals surface area (Å²) < 4.78 is 46.1. The van der Waals surface area contributed by atoms with Crippen LogP contribution in [0.25, 0.3) is 11.7 Å². The molecule has 6 rings (SSSR count). The molecular weight excluding hydrogens is 540 g/mol. The summed E-state index contributed by atoms with van der Waals surface area (Å²) >= 11 is 0. The Labute approximate surface area is 240 Å². The van der Waals surface area contributed by atoms with Crippen LogP contribution in [0.15, 0.2) is 62.3 Å². The van der Waals surface area contributed by atoms with Gasteiger partial charge in [-0.05, 0) is 98.2 Å². The minimum absolute atomic E-state index is 0.135. The van der Waals surface area contributed by atoms with Crippen molar-refractivity contribution in [3.63, 3.8) is 0 Å². The highest BCUT2D eigenvalue weighted by atomic mass is 32.2. The van der Waals surface area contributed by atoms with Crippen molar-refractivity contribution < 1.29 is 22.0 Å². The van der Waals surface area contributed by atoms with Crippen LogP contribution in [0.1, 0.15) is 46.5 Å². The first-order valence-corrected chi connectivity index (χ1v) is 15.3. The highest BCUT2D eigenvalue weighted by molar-refractivity contribution is 7.89. The molecule has 2 aliphatic rings. The number of anilines is 1. The minimum Gasteiger partial charge on any atom is -0.486 e. The van der Waals surface area contributed by atoms with Crippen LogP contribution in [0.5, 0.6) is 5.75 Å². The Morgan fingerprint density at radius 2 is 1.71 bits per heavy atom. The largest absolute Gasteiger partial charge is 0.486 e. The highest BCUT2D eigenvalue weighted by Gasteiger charge is 2.32. The first kappa shape index (κ1) is 27.1. The van der Waals surface area contributed by atoms with Crippen LogP contribution in [0.3, 0.4) is 0 Å². The van der Waals surface area contributed by atoms with E-state index < -0.39 is 10.0 Å². The molecule has 0 spiro atoms. The fourth-order valence-corrected chi connectivity index (χ4v) is 6.86. The topological polar surface area (TPSA) is 113 Å². The van der Waals surface area contributed by atoms with Gasteiger partial charge in [0, 0.05) is 26.2 Å². The Kier molecular flexibility index (Phi) is 7.32. The van der Waals surface area contributed by atoms with Crippen molar-refractivity contribution in [2.24, 2.45) is 0 Å². The van der Waals surface area contributed by atoms with E-state index in [1.807, 2.05) is 42.2 Å². The van der Waals surface area contributed by atoms with E-state index in [0.717, 1.165) is 42.6 Å². The first-order valence-electron chi connectivity index (χ1n) is 13.9. The summed E-state index contributed by atoms with van der Waals surface area (Å²) in [5, 5.41) is 9.74. The Morgan fingerprint density at radius 1 is 0.927 bits per heavy atom. The van der Waals surface area contributed by atoms with E-state index >= 15 is 0 Å². The van der Waals surface area contributed by atoms with E-state index in [0.29, 0.717) is 35.4 Å². The molecule has 2 aromatic carbocycles. The van der Waals surface area contributed by atoms with Crippen molar-refractivity contribution in [2.75, 3.05) is 31.1 Å². The van der Waals surface area contributed by atoms with Crippen LogP contribution in [0, 0.1) is 25.2 Å². The van der Waals surface area contributed by atoms with Crippen molar-refractivity contribution in [1.82, 2.24) is 9.29 Å². The number of oxazole rings is 1. The lowest BCUT2D eigenvalue weighted by Crippen LogP contribution is -2.48. The van der Waals surface area contributed by atoms with Gasteiger partial charge < -0.3 is 18.5 Å². The number of hydrogen-bond acceptors (Lipinski definition) is 8. The molecule has 0 saturated carbocycles. The summed E-state index contributed by atoms with van der Waals surface area (Å²) in [6, 6.07) is 17.1. The summed E-state index contributed by atoms with van der Waals surface area (Å²) in [7, 11) is -3.61. The fraction of sp³-hybridized carbons (Fsp3) is 0.355. The maximum atomic E-state index is 13.4. The average molecular weight is 573 g/mol. The second-order valence-corrected chi connectivity index (χ2v) is 12.6. The van der Waals surface area contributed by atoms with Crippen molar-refractivity contribution in [2.45, 2.75) is 51.0 Å². The standard InChI is InChI=1S/C31H32N4O5S/c1-21-7-9-25(17-22(21)2)38-20-26-10-12-29(39-26)30-33-28(19-32)31(40-30)34-13-15-35(16-14-34)41(36,37)27-11-8-23-5-3-4-6-24(23)18-27/h7-12,17-18H,3-6,13-16,20H2,1-2H3. The molecule has 212 valence electrons. The average Bonchev–Trinajstić information content (AvgIpc) is 3.65. The summed E-state index contributed by atoms with van der Waals surface area (Å²) in [4.78, 5) is 6.56. The van der Waals surface area contributed by atoms with E-state index in [1.165, 1.54) is 15.4 Å². The maximum absolute atomic E-state index is 13.4. The van der Waals surface area contributed by atoms with Crippen LogP contribution < -0.4 is 9.64 Å². The number of nitrogens with zero attached hydrogens (tertiary/aromatic N) is 4. The maximum Gasteiger partial charge on any atom is 0.266 e. The number of benzene rings is 2. The Bertz CT molecular complexity index is 1730. The molecule has 0 unspecified atom stereocenters. The van der Waals surface area contributed by atoms with Gasteiger partial charge in [0.2, 0.25) is 21.6 Å². The van der Waals surface area contributed by atoms with Crippen LogP contribution in [0.4, 0.5) is 5.88 Å². The smallest absolute Gasteiger partial charge is 0.266 e. The summed E-state index contributed by atoms with van der Waals surface area (Å²) in [5.41, 5.74) is 4.87. The second kappa shape index (κ2) is 11.1. The summed E-state index contributed by atoms with van der Waals surface area (Å²) in [5.74, 6) is 2.25. The predicted molar refractivity (Wildman–Crippen MR) is 153 cm³/mol. The number of nitriles is 1. The van der Waals surface area contributed by atoms with Crippen LogP contribution in [-0.2, 0) is 29.5 Å². The van der Waals surface area contributed by atoms with E-state index in [1.54, 1.807) is 18.2 Å². The number of ether oxygens (including phenoxy) is 1. The number of hydrogen-bond donors (Lipinski definition) is 0. The minimum atomic E-state index is -3.61. The number of sulfonamides is 1. The normalized spacial score (nSPS) is 15.9. The molecule has 0 radical (unpaired) electrons. The van der Waals surface area contributed by atoms with Crippen molar-refractivity contribution in [1.29, 1.82) is 5.26 Å². The van der Waals surface area contributed by atoms with Gasteiger partial charge >= 0.3 is 0 Å². The van der Waals surface area contributed by atoms with E-state index in [-0.39, 0.29) is 31.3 Å². The van der Waals surface area contributed by atoms with Crippen molar-refractivity contribution in [3.8, 4) is 23.5 Å². The lowest BCUT2D eigenvalue weighted by atomic mass is 9.92. The molecular formula is C31H32N4O5S. The second-order valence-electron chi connectivity index (χ2n) is 10.6. The molecule has 41 heavy (non-hydrogen) atoms. The molecule has 0 atom stereocenters.